The highest BCUT2D eigenvalue weighted by atomic mass is 16.3. The van der Waals surface area contributed by atoms with E-state index in [1.165, 1.54) is 25.7 Å². The van der Waals surface area contributed by atoms with Gasteiger partial charge < -0.3 is 5.11 Å². The standard InChI is InChI=1S/C12H21N3O/c1-9(2)12-11(8-16)13-14-15(12)7-6-10-4-3-5-10/h9-10,16H,3-8H2,1-2H3. The zero-order valence-electron chi connectivity index (χ0n) is 10.2. The lowest BCUT2D eigenvalue weighted by Crippen LogP contribution is -2.16. The van der Waals surface area contributed by atoms with Gasteiger partial charge >= 0.3 is 0 Å². The predicted molar refractivity (Wildman–Crippen MR) is 62.0 cm³/mol. The maximum absolute atomic E-state index is 9.20. The van der Waals surface area contributed by atoms with Crippen LogP contribution in [0.2, 0.25) is 0 Å². The van der Waals surface area contributed by atoms with Crippen molar-refractivity contribution in [1.29, 1.82) is 0 Å². The Hall–Kier alpha value is -0.900. The molecular formula is C12H21N3O. The first kappa shape index (κ1) is 11.6. The van der Waals surface area contributed by atoms with Gasteiger partial charge in [0.25, 0.3) is 0 Å². The maximum atomic E-state index is 9.20. The molecule has 1 aromatic rings. The first-order chi connectivity index (χ1) is 7.72. The molecule has 0 saturated heterocycles. The Kier molecular flexibility index (Phi) is 3.59. The number of hydrogen-bond acceptors (Lipinski definition) is 3. The second-order valence-corrected chi connectivity index (χ2v) is 5.04. The molecule has 0 aromatic carbocycles. The van der Waals surface area contributed by atoms with Crippen LogP contribution in [0.5, 0.6) is 0 Å². The minimum atomic E-state index is -0.00303. The molecule has 1 fully saturated rings. The van der Waals surface area contributed by atoms with Crippen LogP contribution in [0.1, 0.15) is 56.8 Å². The van der Waals surface area contributed by atoms with Gasteiger partial charge in [-0.1, -0.05) is 38.3 Å². The molecule has 1 N–H and O–H groups in total. The third-order valence-electron chi connectivity index (χ3n) is 3.52. The van der Waals surface area contributed by atoms with Crippen LogP contribution < -0.4 is 0 Å². The normalized spacial score (nSPS) is 16.8. The van der Waals surface area contributed by atoms with Gasteiger partial charge in [0, 0.05) is 6.54 Å². The highest BCUT2D eigenvalue weighted by Crippen LogP contribution is 2.30. The Bertz CT molecular complexity index is 342. The van der Waals surface area contributed by atoms with E-state index in [4.69, 9.17) is 0 Å². The van der Waals surface area contributed by atoms with Crippen molar-refractivity contribution in [2.24, 2.45) is 5.92 Å². The summed E-state index contributed by atoms with van der Waals surface area (Å²) in [5.41, 5.74) is 1.84. The summed E-state index contributed by atoms with van der Waals surface area (Å²) in [4.78, 5) is 0. The first-order valence-corrected chi connectivity index (χ1v) is 6.25. The molecule has 1 aliphatic rings. The Morgan fingerprint density at radius 2 is 2.19 bits per heavy atom. The molecule has 90 valence electrons. The molecule has 4 nitrogen and oxygen atoms in total. The minimum absolute atomic E-state index is 0.00303. The van der Waals surface area contributed by atoms with Crippen molar-refractivity contribution >= 4 is 0 Å². The fraction of sp³-hybridized carbons (Fsp3) is 0.833. The average Bonchev–Trinajstić information content (AvgIpc) is 2.58. The van der Waals surface area contributed by atoms with E-state index in [0.717, 1.165) is 23.9 Å². The van der Waals surface area contributed by atoms with Gasteiger partial charge in [-0.05, 0) is 18.3 Å². The summed E-state index contributed by atoms with van der Waals surface area (Å²) in [6.07, 6.45) is 5.34. The van der Waals surface area contributed by atoms with Gasteiger partial charge in [-0.2, -0.15) is 0 Å². The molecule has 1 heterocycles. The summed E-state index contributed by atoms with van der Waals surface area (Å²) in [7, 11) is 0. The molecule has 0 bridgehead atoms. The topological polar surface area (TPSA) is 50.9 Å². The highest BCUT2D eigenvalue weighted by molar-refractivity contribution is 5.13. The van der Waals surface area contributed by atoms with E-state index < -0.39 is 0 Å². The largest absolute Gasteiger partial charge is 0.390 e. The Morgan fingerprint density at radius 1 is 1.44 bits per heavy atom. The second kappa shape index (κ2) is 4.95. The van der Waals surface area contributed by atoms with Crippen molar-refractivity contribution in [2.45, 2.75) is 58.6 Å². The molecule has 1 aromatic heterocycles. The third-order valence-corrected chi connectivity index (χ3v) is 3.52. The van der Waals surface area contributed by atoms with E-state index in [2.05, 4.69) is 24.2 Å². The maximum Gasteiger partial charge on any atom is 0.112 e. The van der Waals surface area contributed by atoms with Gasteiger partial charge in [-0.3, -0.25) is 0 Å². The van der Waals surface area contributed by atoms with Crippen LogP contribution in [0.25, 0.3) is 0 Å². The fourth-order valence-electron chi connectivity index (χ4n) is 2.35. The number of aryl methyl sites for hydroxylation is 1. The van der Waals surface area contributed by atoms with E-state index in [9.17, 15) is 5.11 Å². The van der Waals surface area contributed by atoms with E-state index in [0.29, 0.717) is 5.92 Å². The molecular weight excluding hydrogens is 202 g/mol. The van der Waals surface area contributed by atoms with Crippen LogP contribution in [0.15, 0.2) is 0 Å². The lowest BCUT2D eigenvalue weighted by molar-refractivity contribution is 0.272. The molecule has 0 amide bonds. The fourth-order valence-corrected chi connectivity index (χ4v) is 2.35. The van der Waals surface area contributed by atoms with Crippen molar-refractivity contribution in [1.82, 2.24) is 15.0 Å². The van der Waals surface area contributed by atoms with E-state index >= 15 is 0 Å². The number of hydrogen-bond donors (Lipinski definition) is 1. The van der Waals surface area contributed by atoms with Crippen LogP contribution >= 0.6 is 0 Å². The van der Waals surface area contributed by atoms with Crippen LogP contribution in [0.3, 0.4) is 0 Å². The lowest BCUT2D eigenvalue weighted by atomic mass is 9.83. The van der Waals surface area contributed by atoms with Gasteiger partial charge in [-0.15, -0.1) is 5.10 Å². The molecule has 0 spiro atoms. The van der Waals surface area contributed by atoms with Gasteiger partial charge in [0.1, 0.15) is 5.69 Å². The van der Waals surface area contributed by atoms with Crippen molar-refractivity contribution in [3.8, 4) is 0 Å². The monoisotopic (exact) mass is 223 g/mol. The summed E-state index contributed by atoms with van der Waals surface area (Å²) >= 11 is 0. The quantitative estimate of drug-likeness (QED) is 0.831. The number of rotatable bonds is 5. The van der Waals surface area contributed by atoms with Crippen LogP contribution in [0.4, 0.5) is 0 Å². The van der Waals surface area contributed by atoms with E-state index in [1.54, 1.807) is 0 Å². The average molecular weight is 223 g/mol. The number of aromatic nitrogens is 3. The van der Waals surface area contributed by atoms with Gasteiger partial charge in [0.15, 0.2) is 0 Å². The molecule has 4 heteroatoms. The van der Waals surface area contributed by atoms with Gasteiger partial charge in [-0.25, -0.2) is 4.68 Å². The molecule has 0 aliphatic heterocycles. The van der Waals surface area contributed by atoms with Crippen molar-refractivity contribution < 1.29 is 5.11 Å². The SMILES string of the molecule is CC(C)c1c(CO)nnn1CCC1CCC1. The smallest absolute Gasteiger partial charge is 0.112 e. The van der Waals surface area contributed by atoms with Gasteiger partial charge in [0.05, 0.1) is 12.3 Å². The van der Waals surface area contributed by atoms with Crippen molar-refractivity contribution in [3.05, 3.63) is 11.4 Å². The zero-order valence-corrected chi connectivity index (χ0v) is 10.2. The summed E-state index contributed by atoms with van der Waals surface area (Å²) in [5, 5.41) is 17.4. The number of nitrogens with zero attached hydrogens (tertiary/aromatic N) is 3. The summed E-state index contributed by atoms with van der Waals surface area (Å²) < 4.78 is 1.98. The Balaban J connectivity index is 2.03. The Morgan fingerprint density at radius 3 is 2.69 bits per heavy atom. The van der Waals surface area contributed by atoms with E-state index in [-0.39, 0.29) is 6.61 Å². The molecule has 0 radical (unpaired) electrons. The third kappa shape index (κ3) is 2.26. The predicted octanol–water partition coefficient (Wildman–Crippen LogP) is 2.08. The van der Waals surface area contributed by atoms with Crippen LogP contribution in [0, 0.1) is 5.92 Å². The van der Waals surface area contributed by atoms with Crippen molar-refractivity contribution in [2.75, 3.05) is 0 Å². The molecule has 1 saturated carbocycles. The summed E-state index contributed by atoms with van der Waals surface area (Å²) in [5.74, 6) is 1.26. The molecule has 0 unspecified atom stereocenters. The molecule has 16 heavy (non-hydrogen) atoms. The number of aliphatic hydroxyl groups excluding tert-OH is 1. The van der Waals surface area contributed by atoms with Crippen LogP contribution in [-0.4, -0.2) is 20.1 Å². The second-order valence-electron chi connectivity index (χ2n) is 5.04. The van der Waals surface area contributed by atoms with Crippen molar-refractivity contribution in [3.63, 3.8) is 0 Å². The van der Waals surface area contributed by atoms with Gasteiger partial charge in [0.2, 0.25) is 0 Å². The molecule has 0 atom stereocenters. The Labute approximate surface area is 96.7 Å². The highest BCUT2D eigenvalue weighted by Gasteiger charge is 2.20. The first-order valence-electron chi connectivity index (χ1n) is 6.25. The molecule has 1 aliphatic carbocycles. The molecule has 2 rings (SSSR count). The summed E-state index contributed by atoms with van der Waals surface area (Å²) in [6.45, 7) is 5.19. The lowest BCUT2D eigenvalue weighted by Gasteiger charge is -2.25. The number of aliphatic hydroxyl groups is 1. The van der Waals surface area contributed by atoms with Crippen LogP contribution in [-0.2, 0) is 13.2 Å². The summed E-state index contributed by atoms with van der Waals surface area (Å²) in [6, 6.07) is 0. The minimum Gasteiger partial charge on any atom is -0.390 e. The zero-order chi connectivity index (χ0) is 11.5. The van der Waals surface area contributed by atoms with E-state index in [1.807, 2.05) is 4.68 Å².